The van der Waals surface area contributed by atoms with E-state index in [4.69, 9.17) is 4.74 Å². The summed E-state index contributed by atoms with van der Waals surface area (Å²) in [6.45, 7) is 4.93. The maximum absolute atomic E-state index is 12.8. The highest BCUT2D eigenvalue weighted by molar-refractivity contribution is 7.92. The number of Topliss-reactive ketones (excluding diaryl/α,β-unsaturated/α-hetero) is 1. The summed E-state index contributed by atoms with van der Waals surface area (Å²) in [5.74, 6) is 0.326. The molecule has 1 aliphatic carbocycles. The SMILES string of the molecule is C1CCCC1.CC(C)NCc1ccccc1NS(=O)(=O)c1ccc2c(c1)C(=O)CCO2. The number of rotatable bonds is 6. The van der Waals surface area contributed by atoms with Crippen LogP contribution in [0.4, 0.5) is 5.69 Å². The predicted molar refractivity (Wildman–Crippen MR) is 123 cm³/mol. The van der Waals surface area contributed by atoms with Crippen LogP contribution >= 0.6 is 0 Å². The molecule has 0 amide bonds. The third-order valence-corrected chi connectivity index (χ3v) is 6.72. The average Bonchev–Trinajstić information content (AvgIpc) is 3.33. The third-order valence-electron chi connectivity index (χ3n) is 5.36. The van der Waals surface area contributed by atoms with E-state index in [1.165, 1.54) is 50.3 Å². The first kappa shape index (κ1) is 23.3. The number of hydrogen-bond acceptors (Lipinski definition) is 5. The summed E-state index contributed by atoms with van der Waals surface area (Å²) in [6.07, 6.45) is 7.76. The highest BCUT2D eigenvalue weighted by Gasteiger charge is 2.23. The van der Waals surface area contributed by atoms with Crippen molar-refractivity contribution in [1.29, 1.82) is 0 Å². The zero-order valence-electron chi connectivity index (χ0n) is 18.3. The second kappa shape index (κ2) is 10.8. The molecule has 0 radical (unpaired) electrons. The van der Waals surface area contributed by atoms with E-state index in [0.717, 1.165) is 5.56 Å². The number of ether oxygens (including phenoxy) is 1. The number of hydrogen-bond donors (Lipinski definition) is 2. The molecule has 4 rings (SSSR count). The first-order valence-corrected chi connectivity index (χ1v) is 12.5. The van der Waals surface area contributed by atoms with Crippen LogP contribution in [0, 0.1) is 0 Å². The summed E-state index contributed by atoms with van der Waals surface area (Å²) in [5.41, 5.74) is 1.68. The Labute approximate surface area is 185 Å². The van der Waals surface area contributed by atoms with Crippen LogP contribution in [0.15, 0.2) is 47.4 Å². The van der Waals surface area contributed by atoms with Crippen LogP contribution in [-0.2, 0) is 16.6 Å². The minimum absolute atomic E-state index is 0.0433. The molecule has 2 aromatic rings. The lowest BCUT2D eigenvalue weighted by atomic mass is 10.1. The van der Waals surface area contributed by atoms with Crippen molar-refractivity contribution >= 4 is 21.5 Å². The maximum atomic E-state index is 12.8. The number of benzene rings is 2. The summed E-state index contributed by atoms with van der Waals surface area (Å²) in [6, 6.07) is 11.9. The molecular weight excluding hydrogens is 412 g/mol. The average molecular weight is 445 g/mol. The van der Waals surface area contributed by atoms with E-state index in [9.17, 15) is 13.2 Å². The highest BCUT2D eigenvalue weighted by Crippen LogP contribution is 2.28. The molecule has 0 aromatic heterocycles. The second-order valence-electron chi connectivity index (χ2n) is 8.25. The topological polar surface area (TPSA) is 84.5 Å². The molecular formula is C24H32N2O4S. The van der Waals surface area contributed by atoms with Crippen LogP contribution in [0.2, 0.25) is 0 Å². The Kier molecular flexibility index (Phi) is 8.09. The summed E-state index contributed by atoms with van der Waals surface area (Å²) < 4.78 is 33.6. The first-order chi connectivity index (χ1) is 14.9. The van der Waals surface area contributed by atoms with Gasteiger partial charge in [0.2, 0.25) is 0 Å². The van der Waals surface area contributed by atoms with Crippen molar-refractivity contribution in [2.24, 2.45) is 0 Å². The Morgan fingerprint density at radius 2 is 1.68 bits per heavy atom. The minimum atomic E-state index is -3.82. The van der Waals surface area contributed by atoms with Crippen molar-refractivity contribution in [1.82, 2.24) is 5.32 Å². The van der Waals surface area contributed by atoms with Gasteiger partial charge in [0.15, 0.2) is 5.78 Å². The fraction of sp³-hybridized carbons (Fsp3) is 0.458. The van der Waals surface area contributed by atoms with Crippen LogP contribution in [-0.4, -0.2) is 26.8 Å². The monoisotopic (exact) mass is 444 g/mol. The smallest absolute Gasteiger partial charge is 0.261 e. The van der Waals surface area contributed by atoms with Gasteiger partial charge in [-0.1, -0.05) is 64.2 Å². The summed E-state index contributed by atoms with van der Waals surface area (Å²) in [4.78, 5) is 12.1. The van der Waals surface area contributed by atoms with E-state index >= 15 is 0 Å². The molecule has 0 bridgehead atoms. The van der Waals surface area contributed by atoms with Gasteiger partial charge in [0.05, 0.1) is 22.8 Å². The molecule has 1 fully saturated rings. The second-order valence-corrected chi connectivity index (χ2v) is 9.93. The van der Waals surface area contributed by atoms with E-state index in [2.05, 4.69) is 10.0 Å². The molecule has 1 aliphatic heterocycles. The third kappa shape index (κ3) is 6.55. The number of fused-ring (bicyclic) bond motifs is 1. The lowest BCUT2D eigenvalue weighted by molar-refractivity contribution is 0.0933. The quantitative estimate of drug-likeness (QED) is 0.662. The van der Waals surface area contributed by atoms with Gasteiger partial charge in [-0.25, -0.2) is 8.42 Å². The van der Waals surface area contributed by atoms with Crippen LogP contribution < -0.4 is 14.8 Å². The van der Waals surface area contributed by atoms with Crippen molar-refractivity contribution in [3.8, 4) is 5.75 Å². The van der Waals surface area contributed by atoms with Crippen LogP contribution in [0.5, 0.6) is 5.75 Å². The number of anilines is 1. The minimum Gasteiger partial charge on any atom is -0.492 e. The Morgan fingerprint density at radius 1 is 1.00 bits per heavy atom. The van der Waals surface area contributed by atoms with Crippen LogP contribution in [0.25, 0.3) is 0 Å². The number of nitrogens with one attached hydrogen (secondary N) is 2. The summed E-state index contributed by atoms with van der Waals surface area (Å²) in [7, 11) is -3.82. The number of ketones is 1. The Hall–Kier alpha value is -2.38. The molecule has 0 spiro atoms. The molecule has 0 saturated heterocycles. The number of carbonyl (C=O) groups excluding carboxylic acids is 1. The Bertz CT molecular complexity index is 991. The van der Waals surface area contributed by atoms with Crippen molar-refractivity contribution in [3.63, 3.8) is 0 Å². The molecule has 2 N–H and O–H groups in total. The molecule has 0 unspecified atom stereocenters. The largest absolute Gasteiger partial charge is 0.492 e. The van der Waals surface area contributed by atoms with E-state index < -0.39 is 10.0 Å². The van der Waals surface area contributed by atoms with Gasteiger partial charge in [-0.15, -0.1) is 0 Å². The number of para-hydroxylation sites is 1. The van der Waals surface area contributed by atoms with Gasteiger partial charge in [-0.05, 0) is 29.8 Å². The van der Waals surface area contributed by atoms with E-state index in [-0.39, 0.29) is 23.1 Å². The molecule has 1 heterocycles. The van der Waals surface area contributed by atoms with Gasteiger partial charge in [0, 0.05) is 19.0 Å². The fourth-order valence-electron chi connectivity index (χ4n) is 3.58. The standard InChI is InChI=1S/C19H22N2O4S.C5H10/c1-13(2)20-12-14-5-3-4-6-17(14)21-26(23,24)15-7-8-19-16(11-15)18(22)9-10-25-19;1-2-4-5-3-1/h3-8,11,13,20-21H,9-10,12H2,1-2H3;1-5H2. The molecule has 6 nitrogen and oxygen atoms in total. The van der Waals surface area contributed by atoms with Gasteiger partial charge >= 0.3 is 0 Å². The van der Waals surface area contributed by atoms with Crippen molar-refractivity contribution in [2.75, 3.05) is 11.3 Å². The summed E-state index contributed by atoms with van der Waals surface area (Å²) in [5, 5.41) is 3.28. The van der Waals surface area contributed by atoms with Gasteiger partial charge in [0.1, 0.15) is 5.75 Å². The van der Waals surface area contributed by atoms with E-state index in [0.29, 0.717) is 30.2 Å². The summed E-state index contributed by atoms with van der Waals surface area (Å²) >= 11 is 0. The zero-order chi connectivity index (χ0) is 22.3. The highest BCUT2D eigenvalue weighted by atomic mass is 32.2. The van der Waals surface area contributed by atoms with Crippen molar-refractivity contribution in [3.05, 3.63) is 53.6 Å². The molecule has 168 valence electrons. The number of carbonyl (C=O) groups is 1. The van der Waals surface area contributed by atoms with Gasteiger partial charge in [0.25, 0.3) is 10.0 Å². The predicted octanol–water partition coefficient (Wildman–Crippen LogP) is 4.90. The van der Waals surface area contributed by atoms with Crippen LogP contribution in [0.3, 0.4) is 0 Å². The maximum Gasteiger partial charge on any atom is 0.261 e. The molecule has 7 heteroatoms. The van der Waals surface area contributed by atoms with Crippen LogP contribution in [0.1, 0.15) is 68.3 Å². The molecule has 1 saturated carbocycles. The lowest BCUT2D eigenvalue weighted by Crippen LogP contribution is -2.23. The molecule has 2 aromatic carbocycles. The van der Waals surface area contributed by atoms with E-state index in [1.54, 1.807) is 12.1 Å². The number of sulfonamides is 1. The molecule has 2 aliphatic rings. The Balaban J connectivity index is 0.000000478. The fourth-order valence-corrected chi connectivity index (χ4v) is 4.71. The van der Waals surface area contributed by atoms with Crippen molar-refractivity contribution < 1.29 is 17.9 Å². The Morgan fingerprint density at radius 3 is 2.35 bits per heavy atom. The normalized spacial score (nSPS) is 15.6. The molecule has 0 atom stereocenters. The van der Waals surface area contributed by atoms with Gasteiger partial charge in [-0.2, -0.15) is 0 Å². The van der Waals surface area contributed by atoms with E-state index in [1.807, 2.05) is 26.0 Å². The van der Waals surface area contributed by atoms with Gasteiger partial charge < -0.3 is 10.1 Å². The van der Waals surface area contributed by atoms with Crippen molar-refractivity contribution in [2.45, 2.75) is 69.9 Å². The first-order valence-electron chi connectivity index (χ1n) is 11.0. The lowest BCUT2D eigenvalue weighted by Gasteiger charge is -2.18. The molecule has 31 heavy (non-hydrogen) atoms. The van der Waals surface area contributed by atoms with Gasteiger partial charge in [-0.3, -0.25) is 9.52 Å². The zero-order valence-corrected chi connectivity index (χ0v) is 19.1.